The Hall–Kier alpha value is -2.63. The number of carbonyl (C=O) groups is 1. The van der Waals surface area contributed by atoms with Crippen LogP contribution in [0.25, 0.3) is 0 Å². The van der Waals surface area contributed by atoms with E-state index in [0.29, 0.717) is 16.6 Å². The van der Waals surface area contributed by atoms with Crippen molar-refractivity contribution in [3.8, 4) is 5.75 Å². The molecule has 7 heteroatoms. The van der Waals surface area contributed by atoms with Gasteiger partial charge in [0.2, 0.25) is 0 Å². The van der Waals surface area contributed by atoms with Gasteiger partial charge in [-0.15, -0.1) is 0 Å². The van der Waals surface area contributed by atoms with Gasteiger partial charge in [-0.05, 0) is 61.9 Å². The highest BCUT2D eigenvalue weighted by molar-refractivity contribution is 6.31. The van der Waals surface area contributed by atoms with E-state index in [9.17, 15) is 9.18 Å². The van der Waals surface area contributed by atoms with Crippen LogP contribution in [0.2, 0.25) is 10.0 Å². The van der Waals surface area contributed by atoms with Crippen LogP contribution in [0.3, 0.4) is 0 Å². The first kappa shape index (κ1) is 21.1. The molecular weight excluding hydrogens is 414 g/mol. The Morgan fingerprint density at radius 1 is 1.14 bits per heavy atom. The molecule has 0 N–H and O–H groups in total. The minimum atomic E-state index is -0.844. The van der Waals surface area contributed by atoms with Gasteiger partial charge in [-0.1, -0.05) is 35.3 Å². The molecule has 29 heavy (non-hydrogen) atoms. The molecule has 0 saturated heterocycles. The number of amides is 1. The molecule has 2 aromatic carbocycles. The summed E-state index contributed by atoms with van der Waals surface area (Å²) in [6, 6.07) is 14.7. The van der Waals surface area contributed by atoms with E-state index in [4.69, 9.17) is 27.9 Å². The molecule has 1 atom stereocenters. The Kier molecular flexibility index (Phi) is 6.72. The van der Waals surface area contributed by atoms with Crippen molar-refractivity contribution in [2.24, 2.45) is 0 Å². The number of rotatable bonds is 6. The van der Waals surface area contributed by atoms with E-state index >= 15 is 0 Å². The number of halogens is 3. The Labute approximate surface area is 178 Å². The predicted octanol–water partition coefficient (Wildman–Crippen LogP) is 5.84. The predicted molar refractivity (Wildman–Crippen MR) is 113 cm³/mol. The van der Waals surface area contributed by atoms with Crippen molar-refractivity contribution in [1.82, 2.24) is 4.98 Å². The first-order valence-corrected chi connectivity index (χ1v) is 9.70. The molecule has 1 heterocycles. The third-order valence-corrected chi connectivity index (χ3v) is 5.14. The number of pyridine rings is 1. The average molecular weight is 433 g/mol. The lowest BCUT2D eigenvalue weighted by Crippen LogP contribution is -2.41. The minimum absolute atomic E-state index is 0.0747. The first-order valence-electron chi connectivity index (χ1n) is 8.95. The molecule has 0 saturated carbocycles. The monoisotopic (exact) mass is 432 g/mol. The molecular formula is C22H19Cl2FN2O2. The van der Waals surface area contributed by atoms with Crippen LogP contribution >= 0.6 is 23.2 Å². The number of hydrogen-bond donors (Lipinski definition) is 0. The van der Waals surface area contributed by atoms with Crippen molar-refractivity contribution < 1.29 is 13.9 Å². The highest BCUT2D eigenvalue weighted by Gasteiger charge is 2.26. The maximum absolute atomic E-state index is 14.3. The van der Waals surface area contributed by atoms with Crippen LogP contribution < -0.4 is 9.64 Å². The average Bonchev–Trinajstić information content (AvgIpc) is 2.71. The van der Waals surface area contributed by atoms with Gasteiger partial charge in [-0.2, -0.15) is 0 Å². The maximum atomic E-state index is 14.3. The molecule has 1 amide bonds. The molecule has 3 rings (SSSR count). The second-order valence-electron chi connectivity index (χ2n) is 6.48. The van der Waals surface area contributed by atoms with E-state index in [1.807, 2.05) is 6.92 Å². The van der Waals surface area contributed by atoms with Crippen LogP contribution in [0.5, 0.6) is 5.75 Å². The molecule has 4 nitrogen and oxygen atoms in total. The van der Waals surface area contributed by atoms with E-state index in [1.54, 1.807) is 55.6 Å². The number of benzene rings is 2. The second kappa shape index (κ2) is 9.25. The quantitative estimate of drug-likeness (QED) is 0.491. The summed E-state index contributed by atoms with van der Waals surface area (Å²) in [4.78, 5) is 18.8. The Morgan fingerprint density at radius 2 is 1.93 bits per heavy atom. The van der Waals surface area contributed by atoms with Gasteiger partial charge in [0.05, 0.1) is 6.54 Å². The van der Waals surface area contributed by atoms with Crippen LogP contribution in [0, 0.1) is 12.7 Å². The molecule has 150 valence electrons. The lowest BCUT2D eigenvalue weighted by Gasteiger charge is -2.26. The van der Waals surface area contributed by atoms with Crippen molar-refractivity contribution in [3.05, 3.63) is 87.8 Å². The highest BCUT2D eigenvalue weighted by atomic mass is 35.5. The first-order chi connectivity index (χ1) is 13.9. The van der Waals surface area contributed by atoms with Gasteiger partial charge < -0.3 is 4.74 Å². The van der Waals surface area contributed by atoms with E-state index in [2.05, 4.69) is 4.98 Å². The number of anilines is 1. The van der Waals surface area contributed by atoms with Crippen molar-refractivity contribution in [3.63, 3.8) is 0 Å². The molecule has 0 unspecified atom stereocenters. The molecule has 0 aliphatic rings. The Morgan fingerprint density at radius 3 is 2.59 bits per heavy atom. The molecule has 0 spiro atoms. The van der Waals surface area contributed by atoms with Crippen molar-refractivity contribution in [1.29, 1.82) is 0 Å². The van der Waals surface area contributed by atoms with Gasteiger partial charge in [-0.3, -0.25) is 9.69 Å². The molecule has 0 bridgehead atoms. The molecule has 0 aliphatic carbocycles. The van der Waals surface area contributed by atoms with Crippen molar-refractivity contribution in [2.75, 3.05) is 4.90 Å². The standard InChI is InChI=1S/C22H19Cl2FN2O2/c1-14-12-16(9-10-18(14)23)29-15(2)22(28)27(21-8-3-4-11-26-21)13-17-19(24)6-5-7-20(17)25/h3-12,15H,13H2,1-2H3/t15-/m0/s1. The Bertz CT molecular complexity index is 995. The largest absolute Gasteiger partial charge is 0.481 e. The summed E-state index contributed by atoms with van der Waals surface area (Å²) >= 11 is 12.2. The topological polar surface area (TPSA) is 42.4 Å². The van der Waals surface area contributed by atoms with Crippen molar-refractivity contribution >= 4 is 34.9 Å². The summed E-state index contributed by atoms with van der Waals surface area (Å²) in [6.45, 7) is 3.40. The SMILES string of the molecule is Cc1cc(O[C@@H](C)C(=O)N(Cc2c(F)cccc2Cl)c2ccccn2)ccc1Cl. The molecule has 0 radical (unpaired) electrons. The number of carbonyl (C=O) groups excluding carboxylic acids is 1. The Balaban J connectivity index is 1.89. The van der Waals surface area contributed by atoms with E-state index in [1.165, 1.54) is 17.0 Å². The number of ether oxygens (including phenoxy) is 1. The summed E-state index contributed by atoms with van der Waals surface area (Å²) in [7, 11) is 0. The van der Waals surface area contributed by atoms with E-state index in [0.717, 1.165) is 5.56 Å². The number of nitrogens with zero attached hydrogens (tertiary/aromatic N) is 2. The zero-order valence-electron chi connectivity index (χ0n) is 15.9. The third kappa shape index (κ3) is 5.05. The fourth-order valence-corrected chi connectivity index (χ4v) is 3.13. The van der Waals surface area contributed by atoms with Crippen LogP contribution in [0.15, 0.2) is 60.8 Å². The van der Waals surface area contributed by atoms with Gasteiger partial charge in [0.1, 0.15) is 17.4 Å². The number of aromatic nitrogens is 1. The fourth-order valence-electron chi connectivity index (χ4n) is 2.79. The van der Waals surface area contributed by atoms with Crippen LogP contribution in [0.1, 0.15) is 18.1 Å². The van der Waals surface area contributed by atoms with Gasteiger partial charge in [0.25, 0.3) is 5.91 Å². The zero-order valence-corrected chi connectivity index (χ0v) is 17.4. The van der Waals surface area contributed by atoms with Crippen molar-refractivity contribution in [2.45, 2.75) is 26.5 Å². The minimum Gasteiger partial charge on any atom is -0.481 e. The lowest BCUT2D eigenvalue weighted by molar-refractivity contribution is -0.124. The lowest BCUT2D eigenvalue weighted by atomic mass is 10.1. The second-order valence-corrected chi connectivity index (χ2v) is 7.30. The van der Waals surface area contributed by atoms with Crippen LogP contribution in [-0.4, -0.2) is 17.0 Å². The van der Waals surface area contributed by atoms with Gasteiger partial charge in [-0.25, -0.2) is 9.37 Å². The smallest absolute Gasteiger partial charge is 0.269 e. The normalized spacial score (nSPS) is 11.8. The summed E-state index contributed by atoms with van der Waals surface area (Å²) in [6.07, 6.45) is 0.718. The number of hydrogen-bond acceptors (Lipinski definition) is 3. The fraction of sp³-hybridized carbons (Fsp3) is 0.182. The summed E-state index contributed by atoms with van der Waals surface area (Å²) in [5.74, 6) is 0.0148. The summed E-state index contributed by atoms with van der Waals surface area (Å²) in [5.41, 5.74) is 1.05. The molecule has 0 aliphatic heterocycles. The highest BCUT2D eigenvalue weighted by Crippen LogP contribution is 2.25. The van der Waals surface area contributed by atoms with E-state index in [-0.39, 0.29) is 23.0 Å². The van der Waals surface area contributed by atoms with Gasteiger partial charge in [0, 0.05) is 21.8 Å². The van der Waals surface area contributed by atoms with Gasteiger partial charge in [0.15, 0.2) is 6.10 Å². The maximum Gasteiger partial charge on any atom is 0.269 e. The summed E-state index contributed by atoms with van der Waals surface area (Å²) in [5, 5.41) is 0.848. The van der Waals surface area contributed by atoms with Gasteiger partial charge >= 0.3 is 0 Å². The molecule has 1 aromatic heterocycles. The zero-order chi connectivity index (χ0) is 21.0. The van der Waals surface area contributed by atoms with Crippen LogP contribution in [0.4, 0.5) is 10.2 Å². The van der Waals surface area contributed by atoms with E-state index < -0.39 is 11.9 Å². The molecule has 0 fully saturated rings. The van der Waals surface area contributed by atoms with Crippen LogP contribution in [-0.2, 0) is 11.3 Å². The molecule has 3 aromatic rings. The summed E-state index contributed by atoms with van der Waals surface area (Å²) < 4.78 is 20.1. The third-order valence-electron chi connectivity index (χ3n) is 4.36. The number of aryl methyl sites for hydroxylation is 1.